The van der Waals surface area contributed by atoms with E-state index in [2.05, 4.69) is 15.0 Å². The number of furan rings is 1. The Hall–Kier alpha value is -3.00. The predicted octanol–water partition coefficient (Wildman–Crippen LogP) is 2.29. The highest BCUT2D eigenvalue weighted by Gasteiger charge is 2.19. The van der Waals surface area contributed by atoms with Gasteiger partial charge in [0, 0.05) is 0 Å². The molecule has 0 aliphatic carbocycles. The lowest BCUT2D eigenvalue weighted by Crippen LogP contribution is -2.17. The number of primary amides is 1. The van der Waals surface area contributed by atoms with E-state index in [4.69, 9.17) is 10.2 Å². The minimum Gasteiger partial charge on any atom is -0.456 e. The molecule has 1 saturated heterocycles. The summed E-state index contributed by atoms with van der Waals surface area (Å²) >= 11 is 0. The first-order valence-corrected chi connectivity index (χ1v) is 8.90. The van der Waals surface area contributed by atoms with Gasteiger partial charge in [0.1, 0.15) is 11.6 Å². The normalized spacial score (nSPS) is 14.7. The summed E-state index contributed by atoms with van der Waals surface area (Å²) in [6.45, 7) is 2.90. The molecule has 0 saturated carbocycles. The number of carbonyl (C=O) groups is 1. The molecule has 0 spiro atoms. The monoisotopic (exact) mass is 369 g/mol. The second-order valence-corrected chi connectivity index (χ2v) is 6.63. The smallest absolute Gasteiger partial charge is 0.225 e. The maximum Gasteiger partial charge on any atom is 0.225 e. The highest BCUT2D eigenvalue weighted by molar-refractivity contribution is 5.75. The van der Waals surface area contributed by atoms with Crippen molar-refractivity contribution >= 4 is 5.91 Å². The summed E-state index contributed by atoms with van der Waals surface area (Å²) in [5.74, 6) is 1.26. The second-order valence-electron chi connectivity index (χ2n) is 6.63. The van der Waals surface area contributed by atoms with Crippen molar-refractivity contribution in [2.75, 3.05) is 13.1 Å². The third kappa shape index (κ3) is 3.90. The molecule has 1 aliphatic heterocycles. The number of carbonyl (C=O) groups excluding carboxylic acids is 1. The minimum absolute atomic E-state index is 0.0808. The number of likely N-dealkylation sites (tertiary alicyclic amines) is 1. The van der Waals surface area contributed by atoms with Gasteiger partial charge in [0.05, 0.1) is 18.7 Å². The van der Waals surface area contributed by atoms with Crippen LogP contribution >= 0.6 is 0 Å². The summed E-state index contributed by atoms with van der Waals surface area (Å²) in [5, 5.41) is 4.35. The first-order chi connectivity index (χ1) is 13.1. The molecule has 0 bridgehead atoms. The number of halogens is 1. The topological polar surface area (TPSA) is 90.2 Å². The van der Waals surface area contributed by atoms with Crippen LogP contribution in [0.4, 0.5) is 4.39 Å². The summed E-state index contributed by atoms with van der Waals surface area (Å²) in [5.41, 5.74) is 5.89. The lowest BCUT2D eigenvalue weighted by atomic mass is 10.3. The molecule has 3 heterocycles. The number of aromatic nitrogens is 3. The van der Waals surface area contributed by atoms with Crippen LogP contribution in [-0.4, -0.2) is 38.7 Å². The van der Waals surface area contributed by atoms with E-state index in [1.54, 1.807) is 12.1 Å². The van der Waals surface area contributed by atoms with E-state index in [1.165, 1.54) is 29.7 Å². The third-order valence-corrected chi connectivity index (χ3v) is 4.51. The molecule has 2 N–H and O–H groups in total. The molecule has 4 rings (SSSR count). The van der Waals surface area contributed by atoms with Crippen molar-refractivity contribution in [1.82, 2.24) is 19.7 Å². The fraction of sp³-hybridized carbons (Fsp3) is 0.316. The molecule has 7 nitrogen and oxygen atoms in total. The van der Waals surface area contributed by atoms with E-state index < -0.39 is 5.91 Å². The van der Waals surface area contributed by atoms with Crippen LogP contribution in [0, 0.1) is 5.82 Å². The SMILES string of the molecule is NC(=O)Cc1nc(-c2ccc(CN3CCCC3)o2)n(-c2ccc(F)cc2)n1. The van der Waals surface area contributed by atoms with Gasteiger partial charge >= 0.3 is 0 Å². The maximum atomic E-state index is 13.3. The molecular weight excluding hydrogens is 349 g/mol. The van der Waals surface area contributed by atoms with Crippen LogP contribution in [0.15, 0.2) is 40.8 Å². The van der Waals surface area contributed by atoms with Crippen LogP contribution in [0.25, 0.3) is 17.3 Å². The van der Waals surface area contributed by atoms with Crippen molar-refractivity contribution in [3.05, 3.63) is 53.8 Å². The lowest BCUT2D eigenvalue weighted by Gasteiger charge is -2.11. The first kappa shape index (κ1) is 17.4. The van der Waals surface area contributed by atoms with Gasteiger partial charge in [-0.15, -0.1) is 0 Å². The summed E-state index contributed by atoms with van der Waals surface area (Å²) in [4.78, 5) is 18.0. The Bertz CT molecular complexity index is 941. The Morgan fingerprint density at radius 2 is 1.89 bits per heavy atom. The van der Waals surface area contributed by atoms with Crippen LogP contribution in [0.1, 0.15) is 24.4 Å². The van der Waals surface area contributed by atoms with Crippen LogP contribution in [0.5, 0.6) is 0 Å². The summed E-state index contributed by atoms with van der Waals surface area (Å²) in [6.07, 6.45) is 2.34. The van der Waals surface area contributed by atoms with Crippen molar-refractivity contribution in [2.24, 2.45) is 5.73 Å². The van der Waals surface area contributed by atoms with Gasteiger partial charge in [-0.25, -0.2) is 14.1 Å². The Labute approximate surface area is 155 Å². The molecule has 1 fully saturated rings. The molecule has 0 unspecified atom stereocenters. The molecule has 1 aliphatic rings. The number of rotatable bonds is 6. The molecule has 0 radical (unpaired) electrons. The maximum absolute atomic E-state index is 13.3. The Kier molecular flexibility index (Phi) is 4.72. The van der Waals surface area contributed by atoms with Crippen LogP contribution in [0.2, 0.25) is 0 Å². The molecule has 1 aromatic carbocycles. The number of hydrogen-bond acceptors (Lipinski definition) is 5. The van der Waals surface area contributed by atoms with E-state index >= 15 is 0 Å². The fourth-order valence-corrected chi connectivity index (χ4v) is 3.25. The van der Waals surface area contributed by atoms with E-state index in [1.807, 2.05) is 12.1 Å². The average molecular weight is 369 g/mol. The van der Waals surface area contributed by atoms with E-state index in [0.29, 0.717) is 23.1 Å². The number of amides is 1. The zero-order chi connectivity index (χ0) is 18.8. The van der Waals surface area contributed by atoms with Gasteiger partial charge in [-0.3, -0.25) is 9.69 Å². The number of benzene rings is 1. The largest absolute Gasteiger partial charge is 0.456 e. The molecule has 8 heteroatoms. The van der Waals surface area contributed by atoms with E-state index in [0.717, 1.165) is 25.4 Å². The van der Waals surface area contributed by atoms with Gasteiger partial charge in [-0.2, -0.15) is 5.10 Å². The zero-order valence-corrected chi connectivity index (χ0v) is 14.8. The fourth-order valence-electron chi connectivity index (χ4n) is 3.25. The van der Waals surface area contributed by atoms with Crippen LogP contribution < -0.4 is 5.73 Å². The molecule has 0 atom stereocenters. The zero-order valence-electron chi connectivity index (χ0n) is 14.8. The third-order valence-electron chi connectivity index (χ3n) is 4.51. The molecule has 1 amide bonds. The highest BCUT2D eigenvalue weighted by Crippen LogP contribution is 2.25. The van der Waals surface area contributed by atoms with E-state index in [9.17, 15) is 9.18 Å². The van der Waals surface area contributed by atoms with Crippen molar-refractivity contribution in [1.29, 1.82) is 0 Å². The minimum atomic E-state index is -0.521. The summed E-state index contributed by atoms with van der Waals surface area (Å²) in [6, 6.07) is 9.63. The van der Waals surface area contributed by atoms with Crippen molar-refractivity contribution in [3.8, 4) is 17.3 Å². The Morgan fingerprint density at radius 3 is 2.59 bits per heavy atom. The first-order valence-electron chi connectivity index (χ1n) is 8.90. The second kappa shape index (κ2) is 7.32. The van der Waals surface area contributed by atoms with Gasteiger partial charge in [0.2, 0.25) is 5.91 Å². The van der Waals surface area contributed by atoms with Gasteiger partial charge in [-0.05, 0) is 62.3 Å². The quantitative estimate of drug-likeness (QED) is 0.720. The highest BCUT2D eigenvalue weighted by atomic mass is 19.1. The van der Waals surface area contributed by atoms with Crippen LogP contribution in [0.3, 0.4) is 0 Å². The van der Waals surface area contributed by atoms with Crippen molar-refractivity contribution < 1.29 is 13.6 Å². The lowest BCUT2D eigenvalue weighted by molar-refractivity contribution is -0.117. The van der Waals surface area contributed by atoms with Gasteiger partial charge in [0.15, 0.2) is 17.4 Å². The number of nitrogens with two attached hydrogens (primary N) is 1. The molecule has 2 aromatic heterocycles. The summed E-state index contributed by atoms with van der Waals surface area (Å²) in [7, 11) is 0. The van der Waals surface area contributed by atoms with E-state index in [-0.39, 0.29) is 12.2 Å². The van der Waals surface area contributed by atoms with Crippen molar-refractivity contribution in [3.63, 3.8) is 0 Å². The molecule has 27 heavy (non-hydrogen) atoms. The Balaban J connectivity index is 1.67. The molecule has 3 aromatic rings. The van der Waals surface area contributed by atoms with Gasteiger partial charge in [0.25, 0.3) is 0 Å². The predicted molar refractivity (Wildman–Crippen MR) is 96.4 cm³/mol. The molecule has 140 valence electrons. The molecular formula is C19H20FN5O2. The number of hydrogen-bond donors (Lipinski definition) is 1. The van der Waals surface area contributed by atoms with Gasteiger partial charge in [-0.1, -0.05) is 0 Å². The number of nitrogens with zero attached hydrogens (tertiary/aromatic N) is 4. The van der Waals surface area contributed by atoms with Crippen molar-refractivity contribution in [2.45, 2.75) is 25.8 Å². The Morgan fingerprint density at radius 1 is 1.15 bits per heavy atom. The average Bonchev–Trinajstić information content (AvgIpc) is 3.36. The summed E-state index contributed by atoms with van der Waals surface area (Å²) < 4.78 is 20.8. The standard InChI is InChI=1S/C19H20FN5O2/c20-13-3-5-14(6-4-13)25-19(22-18(23-25)11-17(21)26)16-8-7-15(27-16)12-24-9-1-2-10-24/h3-8H,1-2,9-12H2,(H2,21,26). The van der Waals surface area contributed by atoms with Gasteiger partial charge < -0.3 is 10.2 Å². The van der Waals surface area contributed by atoms with Crippen LogP contribution in [-0.2, 0) is 17.8 Å².